The molecule has 1 aliphatic carbocycles. The largest absolute Gasteiger partial charge is 0.338 e. The summed E-state index contributed by atoms with van der Waals surface area (Å²) >= 11 is 1.49. The average Bonchev–Trinajstić information content (AvgIpc) is 3.24. The smallest absolute Gasteiger partial charge is 0.315 e. The molecule has 27 heavy (non-hydrogen) atoms. The lowest BCUT2D eigenvalue weighted by molar-refractivity contribution is 0.233. The highest BCUT2D eigenvalue weighted by Gasteiger charge is 2.16. The molecule has 0 bridgehead atoms. The lowest BCUT2D eigenvalue weighted by Gasteiger charge is -2.22. The van der Waals surface area contributed by atoms with E-state index in [4.69, 9.17) is 0 Å². The fraction of sp³-hybridized carbons (Fsp3) is 0.421. The van der Waals surface area contributed by atoms with Crippen LogP contribution in [-0.2, 0) is 6.42 Å². The minimum Gasteiger partial charge on any atom is -0.338 e. The van der Waals surface area contributed by atoms with Gasteiger partial charge in [0.05, 0.1) is 5.69 Å². The van der Waals surface area contributed by atoms with Crippen molar-refractivity contribution in [1.82, 2.24) is 25.2 Å². The summed E-state index contributed by atoms with van der Waals surface area (Å²) in [6, 6.07) is 6.46. The molecule has 2 N–H and O–H groups in total. The molecule has 1 fully saturated rings. The quantitative estimate of drug-likeness (QED) is 0.700. The van der Waals surface area contributed by atoms with Gasteiger partial charge in [-0.2, -0.15) is 4.98 Å². The Hall–Kier alpha value is -2.48. The number of urea groups is 1. The van der Waals surface area contributed by atoms with Gasteiger partial charge in [0.25, 0.3) is 0 Å². The third kappa shape index (κ3) is 4.27. The first-order valence-corrected chi connectivity index (χ1v) is 10.2. The van der Waals surface area contributed by atoms with Gasteiger partial charge < -0.3 is 10.6 Å². The summed E-state index contributed by atoms with van der Waals surface area (Å²) in [6.07, 6.45) is 6.45. The Morgan fingerprint density at radius 3 is 2.96 bits per heavy atom. The number of carbonyl (C=O) groups excluding carboxylic acids is 1. The molecule has 8 heteroatoms. The van der Waals surface area contributed by atoms with Crippen LogP contribution in [0.15, 0.2) is 29.6 Å². The van der Waals surface area contributed by atoms with Crippen LogP contribution in [-0.4, -0.2) is 33.2 Å². The van der Waals surface area contributed by atoms with Gasteiger partial charge in [-0.05, 0) is 25.0 Å². The van der Waals surface area contributed by atoms with Gasteiger partial charge in [0.15, 0.2) is 5.82 Å². The zero-order chi connectivity index (χ0) is 18.6. The lowest BCUT2D eigenvalue weighted by Crippen LogP contribution is -2.43. The van der Waals surface area contributed by atoms with Crippen LogP contribution in [0.1, 0.15) is 37.8 Å². The van der Waals surface area contributed by atoms with Crippen LogP contribution in [0, 0.1) is 5.82 Å². The number of amides is 2. The van der Waals surface area contributed by atoms with E-state index in [1.807, 2.05) is 5.38 Å². The molecule has 0 saturated heterocycles. The zero-order valence-electron chi connectivity index (χ0n) is 14.9. The number of rotatable bonds is 5. The molecule has 0 unspecified atom stereocenters. The van der Waals surface area contributed by atoms with Gasteiger partial charge >= 0.3 is 6.03 Å². The van der Waals surface area contributed by atoms with E-state index in [1.165, 1.54) is 42.7 Å². The monoisotopic (exact) mass is 387 g/mol. The number of carbonyl (C=O) groups is 1. The maximum Gasteiger partial charge on any atom is 0.315 e. The number of nitrogens with zero attached hydrogens (tertiary/aromatic N) is 3. The highest BCUT2D eigenvalue weighted by atomic mass is 32.1. The van der Waals surface area contributed by atoms with Gasteiger partial charge in [-0.1, -0.05) is 31.4 Å². The first-order chi connectivity index (χ1) is 13.2. The van der Waals surface area contributed by atoms with Gasteiger partial charge in [-0.25, -0.2) is 13.7 Å². The molecule has 3 aromatic rings. The van der Waals surface area contributed by atoms with Crippen LogP contribution in [0.25, 0.3) is 16.3 Å². The predicted molar refractivity (Wildman–Crippen MR) is 103 cm³/mol. The van der Waals surface area contributed by atoms with Crippen molar-refractivity contribution in [3.8, 4) is 11.4 Å². The van der Waals surface area contributed by atoms with E-state index >= 15 is 0 Å². The van der Waals surface area contributed by atoms with Gasteiger partial charge in [-0.3, -0.25) is 0 Å². The molecule has 0 atom stereocenters. The van der Waals surface area contributed by atoms with Crippen molar-refractivity contribution in [3.63, 3.8) is 0 Å². The molecule has 2 amide bonds. The summed E-state index contributed by atoms with van der Waals surface area (Å²) in [7, 11) is 0. The summed E-state index contributed by atoms with van der Waals surface area (Å²) < 4.78 is 15.2. The van der Waals surface area contributed by atoms with Crippen LogP contribution in [0.4, 0.5) is 9.18 Å². The van der Waals surface area contributed by atoms with E-state index in [0.717, 1.165) is 23.5 Å². The Morgan fingerprint density at radius 2 is 2.15 bits per heavy atom. The summed E-state index contributed by atoms with van der Waals surface area (Å²) in [4.78, 5) is 17.3. The van der Waals surface area contributed by atoms with E-state index in [0.29, 0.717) is 30.4 Å². The van der Waals surface area contributed by atoms with Crippen molar-refractivity contribution in [2.75, 3.05) is 6.54 Å². The van der Waals surface area contributed by atoms with Crippen LogP contribution in [0.2, 0.25) is 0 Å². The van der Waals surface area contributed by atoms with Crippen molar-refractivity contribution in [2.45, 2.75) is 44.6 Å². The minimum atomic E-state index is -0.306. The van der Waals surface area contributed by atoms with E-state index in [9.17, 15) is 9.18 Å². The number of thiazole rings is 1. The predicted octanol–water partition coefficient (Wildman–Crippen LogP) is 3.77. The topological polar surface area (TPSA) is 71.3 Å². The van der Waals surface area contributed by atoms with E-state index in [2.05, 4.69) is 20.7 Å². The summed E-state index contributed by atoms with van der Waals surface area (Å²) in [5, 5.41) is 12.5. The second-order valence-electron chi connectivity index (χ2n) is 6.85. The first-order valence-electron chi connectivity index (χ1n) is 9.32. The maximum atomic E-state index is 13.4. The maximum absolute atomic E-state index is 13.4. The van der Waals surface area contributed by atoms with Crippen molar-refractivity contribution < 1.29 is 9.18 Å². The molecular formula is C19H22FN5OS. The third-order valence-corrected chi connectivity index (χ3v) is 5.70. The molecule has 2 heterocycles. The molecule has 1 aliphatic rings. The fourth-order valence-electron chi connectivity index (χ4n) is 3.43. The Kier molecular flexibility index (Phi) is 5.33. The van der Waals surface area contributed by atoms with Crippen molar-refractivity contribution in [2.24, 2.45) is 0 Å². The van der Waals surface area contributed by atoms with Crippen LogP contribution in [0.3, 0.4) is 0 Å². The molecule has 142 valence electrons. The van der Waals surface area contributed by atoms with Crippen molar-refractivity contribution >= 4 is 22.3 Å². The normalized spacial score (nSPS) is 15.1. The van der Waals surface area contributed by atoms with Gasteiger partial charge in [0.2, 0.25) is 4.96 Å². The van der Waals surface area contributed by atoms with Crippen molar-refractivity contribution in [1.29, 1.82) is 0 Å². The molecule has 1 saturated carbocycles. The Bertz CT molecular complexity index is 931. The average molecular weight is 387 g/mol. The highest BCUT2D eigenvalue weighted by molar-refractivity contribution is 7.15. The Balaban J connectivity index is 1.36. The van der Waals surface area contributed by atoms with Crippen LogP contribution >= 0.6 is 11.3 Å². The van der Waals surface area contributed by atoms with E-state index < -0.39 is 0 Å². The number of fused-ring (bicyclic) bond motifs is 1. The van der Waals surface area contributed by atoms with Crippen LogP contribution in [0.5, 0.6) is 0 Å². The molecular weight excluding hydrogens is 365 g/mol. The number of aromatic nitrogens is 3. The van der Waals surface area contributed by atoms with Crippen LogP contribution < -0.4 is 10.6 Å². The molecule has 6 nitrogen and oxygen atoms in total. The minimum absolute atomic E-state index is 0.104. The number of hydrogen-bond acceptors (Lipinski definition) is 4. The zero-order valence-corrected chi connectivity index (χ0v) is 15.8. The summed E-state index contributed by atoms with van der Waals surface area (Å²) in [5.74, 6) is 0.199. The van der Waals surface area contributed by atoms with Gasteiger partial charge in [0.1, 0.15) is 5.82 Å². The second kappa shape index (κ2) is 8.04. The number of nitrogens with one attached hydrogen (secondary N) is 2. The summed E-state index contributed by atoms with van der Waals surface area (Å²) in [6.45, 7) is 0.527. The SMILES string of the molecule is O=C(NCCc1csc2nc(-c3cccc(F)c3)nn12)NC1CCCCC1. The summed E-state index contributed by atoms with van der Waals surface area (Å²) in [5.41, 5.74) is 1.63. The van der Waals surface area contributed by atoms with Crippen molar-refractivity contribution in [3.05, 3.63) is 41.2 Å². The molecule has 0 spiro atoms. The molecule has 1 aromatic carbocycles. The first kappa shape index (κ1) is 17.9. The lowest BCUT2D eigenvalue weighted by atomic mass is 9.96. The molecule has 0 aliphatic heterocycles. The number of halogens is 1. The van der Waals surface area contributed by atoms with Gasteiger partial charge in [-0.15, -0.1) is 16.4 Å². The molecule has 2 aromatic heterocycles. The van der Waals surface area contributed by atoms with E-state index in [-0.39, 0.29) is 11.8 Å². The number of hydrogen-bond donors (Lipinski definition) is 2. The van der Waals surface area contributed by atoms with E-state index in [1.54, 1.807) is 16.6 Å². The Morgan fingerprint density at radius 1 is 1.30 bits per heavy atom. The fourth-order valence-corrected chi connectivity index (χ4v) is 4.29. The second-order valence-corrected chi connectivity index (χ2v) is 7.69. The standard InChI is InChI=1S/C19H22FN5OS/c20-14-6-4-5-13(11-14)17-23-19-25(24-17)16(12-27-19)9-10-21-18(26)22-15-7-2-1-3-8-15/h4-6,11-12,15H,1-3,7-10H2,(H2,21,22,26). The molecule has 0 radical (unpaired) electrons. The third-order valence-electron chi connectivity index (χ3n) is 4.84. The van der Waals surface area contributed by atoms with Gasteiger partial charge in [0, 0.05) is 30.0 Å². The Labute approximate surface area is 160 Å². The molecule has 4 rings (SSSR count). The number of benzene rings is 1. The highest BCUT2D eigenvalue weighted by Crippen LogP contribution is 2.21.